The lowest BCUT2D eigenvalue weighted by molar-refractivity contribution is -0.384. The number of sulfonamides is 1. The number of nitrogens with zero attached hydrogens (tertiary/aromatic N) is 2. The van der Waals surface area contributed by atoms with Gasteiger partial charge in [-0.1, -0.05) is 6.42 Å². The summed E-state index contributed by atoms with van der Waals surface area (Å²) in [4.78, 5) is 10.2. The summed E-state index contributed by atoms with van der Waals surface area (Å²) in [6, 6.07) is 5.06. The number of hydrogen-bond donors (Lipinski definition) is 1. The molecule has 2 unspecified atom stereocenters. The Bertz CT molecular complexity index is 689. The van der Waals surface area contributed by atoms with Crippen LogP contribution in [0.3, 0.4) is 0 Å². The van der Waals surface area contributed by atoms with Crippen molar-refractivity contribution in [3.63, 3.8) is 0 Å². The largest absolute Gasteiger partial charge is 0.329 e. The van der Waals surface area contributed by atoms with Gasteiger partial charge >= 0.3 is 0 Å². The van der Waals surface area contributed by atoms with Gasteiger partial charge in [0.15, 0.2) is 0 Å². The molecule has 0 spiro atoms. The third-order valence-electron chi connectivity index (χ3n) is 4.89. The zero-order valence-electron chi connectivity index (χ0n) is 12.1. The number of fused-ring (bicyclic) bond motifs is 2. The molecule has 1 heterocycles. The van der Waals surface area contributed by atoms with E-state index in [1.54, 1.807) is 4.31 Å². The van der Waals surface area contributed by atoms with Crippen molar-refractivity contribution >= 4 is 15.7 Å². The number of non-ortho nitro benzene ring substituents is 1. The first kappa shape index (κ1) is 15.4. The molecule has 1 saturated heterocycles. The lowest BCUT2D eigenvalue weighted by atomic mass is 9.80. The summed E-state index contributed by atoms with van der Waals surface area (Å²) in [5.41, 5.74) is 5.31. The van der Waals surface area contributed by atoms with Crippen LogP contribution in [0.1, 0.15) is 25.7 Å². The SMILES string of the molecule is NCC12CCCC(CN1S(=O)(=O)c1ccc([N+](=O)[O-])cc1)C2. The Hall–Kier alpha value is -1.51. The van der Waals surface area contributed by atoms with Crippen LogP contribution in [0.5, 0.6) is 0 Å². The summed E-state index contributed by atoms with van der Waals surface area (Å²) in [5.74, 6) is 0.366. The molecule has 3 rings (SSSR count). The van der Waals surface area contributed by atoms with Gasteiger partial charge < -0.3 is 5.73 Å². The Morgan fingerprint density at radius 3 is 2.64 bits per heavy atom. The Kier molecular flexibility index (Phi) is 3.70. The van der Waals surface area contributed by atoms with Gasteiger partial charge in [0.2, 0.25) is 10.0 Å². The summed E-state index contributed by atoms with van der Waals surface area (Å²) in [6.45, 7) is 0.812. The number of benzene rings is 1. The standard InChI is InChI=1S/C14H19N3O4S/c15-10-14-7-1-2-11(8-14)9-16(14)22(20,21)13-5-3-12(4-6-13)17(18)19/h3-6,11H,1-2,7-10,15H2. The maximum absolute atomic E-state index is 12.9. The van der Waals surface area contributed by atoms with Crippen molar-refractivity contribution < 1.29 is 13.3 Å². The fourth-order valence-electron chi connectivity index (χ4n) is 3.78. The van der Waals surface area contributed by atoms with Crippen LogP contribution in [-0.2, 0) is 10.0 Å². The molecular weight excluding hydrogens is 306 g/mol. The number of nitrogens with two attached hydrogens (primary N) is 1. The molecule has 8 heteroatoms. The first-order valence-corrected chi connectivity index (χ1v) is 8.80. The van der Waals surface area contributed by atoms with E-state index in [1.165, 1.54) is 24.3 Å². The number of nitro benzene ring substituents is 1. The molecule has 2 atom stereocenters. The maximum Gasteiger partial charge on any atom is 0.269 e. The van der Waals surface area contributed by atoms with Gasteiger partial charge in [0, 0.05) is 30.8 Å². The Labute approximate surface area is 129 Å². The van der Waals surface area contributed by atoms with Crippen LogP contribution >= 0.6 is 0 Å². The normalized spacial score (nSPS) is 28.7. The number of hydrogen-bond acceptors (Lipinski definition) is 5. The summed E-state index contributed by atoms with van der Waals surface area (Å²) in [7, 11) is -3.68. The van der Waals surface area contributed by atoms with Gasteiger partial charge in [-0.15, -0.1) is 0 Å². The van der Waals surface area contributed by atoms with Crippen LogP contribution in [0, 0.1) is 16.0 Å². The minimum absolute atomic E-state index is 0.0958. The highest BCUT2D eigenvalue weighted by atomic mass is 32.2. The first-order valence-electron chi connectivity index (χ1n) is 7.36. The molecule has 2 fully saturated rings. The van der Waals surface area contributed by atoms with Gasteiger partial charge in [0.05, 0.1) is 9.82 Å². The highest BCUT2D eigenvalue weighted by Crippen LogP contribution is 2.46. The first-order chi connectivity index (χ1) is 10.4. The summed E-state index contributed by atoms with van der Waals surface area (Å²) in [6.07, 6.45) is 3.63. The zero-order valence-corrected chi connectivity index (χ0v) is 13.0. The monoisotopic (exact) mass is 325 g/mol. The van der Waals surface area contributed by atoms with Crippen molar-refractivity contribution in [3.05, 3.63) is 34.4 Å². The highest BCUT2D eigenvalue weighted by Gasteiger charge is 2.52. The predicted molar refractivity (Wildman–Crippen MR) is 80.7 cm³/mol. The molecule has 0 aromatic heterocycles. The topological polar surface area (TPSA) is 107 Å². The fraction of sp³-hybridized carbons (Fsp3) is 0.571. The van der Waals surface area contributed by atoms with E-state index in [0.717, 1.165) is 25.7 Å². The average molecular weight is 325 g/mol. The van der Waals surface area contributed by atoms with Crippen molar-refractivity contribution in [2.45, 2.75) is 36.1 Å². The molecule has 1 aliphatic heterocycles. The van der Waals surface area contributed by atoms with Crippen LogP contribution in [0.25, 0.3) is 0 Å². The van der Waals surface area contributed by atoms with Gasteiger partial charge in [-0.05, 0) is 37.3 Å². The smallest absolute Gasteiger partial charge is 0.269 e. The van der Waals surface area contributed by atoms with Crippen LogP contribution in [-0.4, -0.2) is 36.3 Å². The molecule has 1 aromatic carbocycles. The molecule has 1 aromatic rings. The van der Waals surface area contributed by atoms with Crippen molar-refractivity contribution in [2.75, 3.05) is 13.1 Å². The van der Waals surface area contributed by atoms with Crippen LogP contribution in [0.15, 0.2) is 29.2 Å². The summed E-state index contributed by atoms with van der Waals surface area (Å²) in [5, 5.41) is 10.7. The second-order valence-electron chi connectivity index (χ2n) is 6.18. The molecule has 2 bridgehead atoms. The van der Waals surface area contributed by atoms with Gasteiger partial charge in [0.25, 0.3) is 5.69 Å². The van der Waals surface area contributed by atoms with Gasteiger partial charge in [-0.2, -0.15) is 4.31 Å². The molecule has 22 heavy (non-hydrogen) atoms. The maximum atomic E-state index is 12.9. The van der Waals surface area contributed by atoms with E-state index < -0.39 is 20.5 Å². The Morgan fingerprint density at radius 1 is 1.36 bits per heavy atom. The Balaban J connectivity index is 1.97. The molecule has 2 N–H and O–H groups in total. The summed E-state index contributed by atoms with van der Waals surface area (Å²) < 4.78 is 27.4. The third kappa shape index (κ3) is 2.31. The van der Waals surface area contributed by atoms with Crippen molar-refractivity contribution in [2.24, 2.45) is 11.7 Å². The molecule has 120 valence electrons. The van der Waals surface area contributed by atoms with E-state index in [2.05, 4.69) is 0 Å². The van der Waals surface area contributed by atoms with Crippen molar-refractivity contribution in [1.82, 2.24) is 4.31 Å². The molecule has 0 radical (unpaired) electrons. The van der Waals surface area contributed by atoms with Crippen LogP contribution in [0.2, 0.25) is 0 Å². The predicted octanol–water partition coefficient (Wildman–Crippen LogP) is 1.49. The molecule has 1 saturated carbocycles. The lowest BCUT2D eigenvalue weighted by Gasteiger charge is -2.37. The summed E-state index contributed by atoms with van der Waals surface area (Å²) >= 11 is 0. The zero-order chi connectivity index (χ0) is 16.0. The quantitative estimate of drug-likeness (QED) is 0.666. The molecule has 2 aliphatic rings. The van der Waals surface area contributed by atoms with Crippen molar-refractivity contribution in [3.8, 4) is 0 Å². The minimum atomic E-state index is -3.68. The minimum Gasteiger partial charge on any atom is -0.329 e. The van der Waals surface area contributed by atoms with Crippen LogP contribution in [0.4, 0.5) is 5.69 Å². The van der Waals surface area contributed by atoms with Crippen LogP contribution < -0.4 is 5.73 Å². The molecule has 0 amide bonds. The average Bonchev–Trinajstić information content (AvgIpc) is 2.79. The molecule has 1 aliphatic carbocycles. The van der Waals surface area contributed by atoms with E-state index in [-0.39, 0.29) is 10.6 Å². The van der Waals surface area contributed by atoms with Crippen molar-refractivity contribution in [1.29, 1.82) is 0 Å². The Morgan fingerprint density at radius 2 is 2.05 bits per heavy atom. The lowest BCUT2D eigenvalue weighted by Crippen LogP contribution is -2.52. The third-order valence-corrected chi connectivity index (χ3v) is 6.88. The van der Waals surface area contributed by atoms with Gasteiger partial charge in [0.1, 0.15) is 0 Å². The molecule has 7 nitrogen and oxygen atoms in total. The number of nitro groups is 1. The van der Waals surface area contributed by atoms with E-state index in [9.17, 15) is 18.5 Å². The van der Waals surface area contributed by atoms with E-state index in [4.69, 9.17) is 5.73 Å². The van der Waals surface area contributed by atoms with E-state index in [0.29, 0.717) is 19.0 Å². The molecular formula is C14H19N3O4S. The highest BCUT2D eigenvalue weighted by molar-refractivity contribution is 7.89. The fourth-order valence-corrected chi connectivity index (χ4v) is 5.67. The second-order valence-corrected chi connectivity index (χ2v) is 8.04. The number of rotatable bonds is 4. The second kappa shape index (κ2) is 5.29. The van der Waals surface area contributed by atoms with E-state index in [1.807, 2.05) is 0 Å². The van der Waals surface area contributed by atoms with Gasteiger partial charge in [-0.25, -0.2) is 8.42 Å². The van der Waals surface area contributed by atoms with Gasteiger partial charge in [-0.3, -0.25) is 10.1 Å². The van der Waals surface area contributed by atoms with E-state index >= 15 is 0 Å².